The molecule has 0 spiro atoms. The zero-order valence-corrected chi connectivity index (χ0v) is 19.3. The molecule has 4 rings (SSSR count). The predicted octanol–water partition coefficient (Wildman–Crippen LogP) is 4.76. The monoisotopic (exact) mass is 484 g/mol. The van der Waals surface area contributed by atoms with Gasteiger partial charge in [0.1, 0.15) is 5.75 Å². The molecule has 0 radical (unpaired) electrons. The highest BCUT2D eigenvalue weighted by molar-refractivity contribution is 5.85. The number of carbonyl (C=O) groups is 1. The van der Waals surface area contributed by atoms with Crippen LogP contribution in [0.4, 0.5) is 13.2 Å². The lowest BCUT2D eigenvalue weighted by atomic mass is 10.1. The van der Waals surface area contributed by atoms with E-state index in [0.717, 1.165) is 17.2 Å². The number of pyridine rings is 1. The molecule has 0 aliphatic rings. The van der Waals surface area contributed by atoms with E-state index in [9.17, 15) is 18.0 Å². The van der Waals surface area contributed by atoms with Gasteiger partial charge >= 0.3 is 6.18 Å². The highest BCUT2D eigenvalue weighted by Crippen LogP contribution is 2.38. The Labute approximate surface area is 199 Å². The van der Waals surface area contributed by atoms with Crippen LogP contribution in [0, 0.1) is 13.8 Å². The van der Waals surface area contributed by atoms with E-state index in [1.807, 2.05) is 19.1 Å². The number of hydrogen-bond acceptors (Lipinski definition) is 5. The van der Waals surface area contributed by atoms with Crippen molar-refractivity contribution in [1.29, 1.82) is 0 Å². The smallest absolute Gasteiger partial charge is 0.417 e. The second-order valence-corrected chi connectivity index (χ2v) is 7.95. The molecule has 0 aliphatic heterocycles. The molecule has 35 heavy (non-hydrogen) atoms. The summed E-state index contributed by atoms with van der Waals surface area (Å²) in [5.74, 6) is -0.136. The van der Waals surface area contributed by atoms with Crippen molar-refractivity contribution in [2.45, 2.75) is 26.6 Å². The summed E-state index contributed by atoms with van der Waals surface area (Å²) in [5.41, 5.74) is 1.64. The number of hydrogen-bond donors (Lipinski definition) is 1. The van der Waals surface area contributed by atoms with Crippen molar-refractivity contribution in [3.63, 3.8) is 0 Å². The molecule has 0 fully saturated rings. The second kappa shape index (κ2) is 9.65. The minimum Gasteiger partial charge on any atom is -0.497 e. The molecule has 4 aromatic rings. The Bertz CT molecular complexity index is 1350. The van der Waals surface area contributed by atoms with Gasteiger partial charge in [0.15, 0.2) is 12.3 Å². The third-order valence-electron chi connectivity index (χ3n) is 5.37. The van der Waals surface area contributed by atoms with Crippen molar-refractivity contribution in [2.24, 2.45) is 0 Å². The number of halogens is 3. The summed E-state index contributed by atoms with van der Waals surface area (Å²) >= 11 is 0. The molecule has 1 N–H and O–H groups in total. The van der Waals surface area contributed by atoms with Gasteiger partial charge in [-0.1, -0.05) is 29.8 Å². The van der Waals surface area contributed by atoms with Gasteiger partial charge < -0.3 is 14.8 Å². The molecule has 7 nitrogen and oxygen atoms in total. The Balaban J connectivity index is 1.57. The zero-order valence-electron chi connectivity index (χ0n) is 19.3. The number of ether oxygens (including phenoxy) is 2. The SMILES string of the molecule is COc1ccc(CNC(=O)COc2cc(C(F)(F)F)c3c(C)nn(-c4ccc(C)cc4)c3n2)cc1. The van der Waals surface area contributed by atoms with Gasteiger partial charge in [0.25, 0.3) is 5.91 Å². The molecule has 0 aliphatic carbocycles. The number of amides is 1. The van der Waals surface area contributed by atoms with Crippen LogP contribution in [0.3, 0.4) is 0 Å². The Kier molecular flexibility index (Phi) is 6.63. The van der Waals surface area contributed by atoms with Crippen LogP contribution in [0.1, 0.15) is 22.4 Å². The van der Waals surface area contributed by atoms with Crippen LogP contribution in [0.25, 0.3) is 16.7 Å². The van der Waals surface area contributed by atoms with E-state index in [-0.39, 0.29) is 29.2 Å². The molecule has 10 heteroatoms. The Hall–Kier alpha value is -4.08. The molecule has 2 heterocycles. The molecule has 182 valence electrons. The van der Waals surface area contributed by atoms with E-state index in [1.54, 1.807) is 43.5 Å². The molecule has 1 amide bonds. The third-order valence-corrected chi connectivity index (χ3v) is 5.37. The van der Waals surface area contributed by atoms with Crippen LogP contribution in [-0.2, 0) is 17.5 Å². The number of nitrogens with zero attached hydrogens (tertiary/aromatic N) is 3. The average Bonchev–Trinajstić information content (AvgIpc) is 3.17. The van der Waals surface area contributed by atoms with Crippen LogP contribution in [0.2, 0.25) is 0 Å². The topological polar surface area (TPSA) is 78.3 Å². The highest BCUT2D eigenvalue weighted by Gasteiger charge is 2.36. The van der Waals surface area contributed by atoms with E-state index < -0.39 is 24.3 Å². The maximum Gasteiger partial charge on any atom is 0.417 e. The Morgan fingerprint density at radius 1 is 1.06 bits per heavy atom. The Morgan fingerprint density at radius 2 is 1.74 bits per heavy atom. The first-order valence-electron chi connectivity index (χ1n) is 10.7. The molecule has 0 atom stereocenters. The number of aryl methyl sites for hydroxylation is 2. The van der Waals surface area contributed by atoms with Gasteiger partial charge in [-0.25, -0.2) is 4.68 Å². The second-order valence-electron chi connectivity index (χ2n) is 7.95. The maximum atomic E-state index is 13.9. The normalized spacial score (nSPS) is 11.5. The number of rotatable bonds is 7. The van der Waals surface area contributed by atoms with E-state index >= 15 is 0 Å². The largest absolute Gasteiger partial charge is 0.497 e. The van der Waals surface area contributed by atoms with Gasteiger partial charge in [0.05, 0.1) is 29.4 Å². The first-order valence-corrected chi connectivity index (χ1v) is 10.7. The minimum absolute atomic E-state index is 0.00480. The summed E-state index contributed by atoms with van der Waals surface area (Å²) < 4.78 is 53.5. The number of benzene rings is 2. The summed E-state index contributed by atoms with van der Waals surface area (Å²) in [6.45, 7) is 3.13. The molecule has 0 saturated carbocycles. The van der Waals surface area contributed by atoms with E-state index in [4.69, 9.17) is 9.47 Å². The maximum absolute atomic E-state index is 13.9. The molecular formula is C25H23F3N4O3. The minimum atomic E-state index is -4.66. The zero-order chi connectivity index (χ0) is 25.2. The van der Waals surface area contributed by atoms with Gasteiger partial charge in [-0.3, -0.25) is 4.79 Å². The standard InChI is InChI=1S/C25H23F3N4O3/c1-15-4-8-18(9-5-15)32-24-23(16(2)31-32)20(25(26,27)28)12-22(30-24)35-14-21(33)29-13-17-6-10-19(34-3)11-7-17/h4-12H,13-14H2,1-3H3,(H,29,33). The van der Waals surface area contributed by atoms with E-state index in [2.05, 4.69) is 15.4 Å². The van der Waals surface area contributed by atoms with E-state index in [0.29, 0.717) is 11.4 Å². The van der Waals surface area contributed by atoms with Gasteiger partial charge in [0.2, 0.25) is 5.88 Å². The van der Waals surface area contributed by atoms with Crippen LogP contribution in [-0.4, -0.2) is 34.4 Å². The molecule has 2 aromatic carbocycles. The van der Waals surface area contributed by atoms with Crippen molar-refractivity contribution in [1.82, 2.24) is 20.1 Å². The molecule has 0 bridgehead atoms. The number of aromatic nitrogens is 3. The fourth-order valence-corrected chi connectivity index (χ4v) is 3.56. The van der Waals surface area contributed by atoms with E-state index in [1.165, 1.54) is 11.6 Å². The lowest BCUT2D eigenvalue weighted by Gasteiger charge is -2.12. The number of alkyl halides is 3. The van der Waals surface area contributed by atoms with Crippen molar-refractivity contribution in [3.8, 4) is 17.3 Å². The average molecular weight is 484 g/mol. The van der Waals surface area contributed by atoms with Crippen molar-refractivity contribution in [2.75, 3.05) is 13.7 Å². The first kappa shape index (κ1) is 24.1. The molecular weight excluding hydrogens is 461 g/mol. The summed E-state index contributed by atoms with van der Waals surface area (Å²) in [6, 6.07) is 15.1. The van der Waals surface area contributed by atoms with Gasteiger partial charge in [-0.05, 0) is 43.7 Å². The molecule has 2 aromatic heterocycles. The number of carbonyl (C=O) groups excluding carboxylic acids is 1. The van der Waals surface area contributed by atoms with Crippen molar-refractivity contribution < 1.29 is 27.4 Å². The van der Waals surface area contributed by atoms with Crippen LogP contribution in [0.15, 0.2) is 54.6 Å². The fourth-order valence-electron chi connectivity index (χ4n) is 3.56. The lowest BCUT2D eigenvalue weighted by Crippen LogP contribution is -2.28. The molecule has 0 saturated heterocycles. The summed E-state index contributed by atoms with van der Waals surface area (Å²) in [6.07, 6.45) is -4.66. The summed E-state index contributed by atoms with van der Waals surface area (Å²) in [5, 5.41) is 6.83. The fraction of sp³-hybridized carbons (Fsp3) is 0.240. The van der Waals surface area contributed by atoms with Crippen LogP contribution in [0.5, 0.6) is 11.6 Å². The highest BCUT2D eigenvalue weighted by atomic mass is 19.4. The molecule has 0 unspecified atom stereocenters. The van der Waals surface area contributed by atoms with Crippen molar-refractivity contribution in [3.05, 3.63) is 77.0 Å². The number of fused-ring (bicyclic) bond motifs is 1. The number of nitrogens with one attached hydrogen (secondary N) is 1. The predicted molar refractivity (Wildman–Crippen MR) is 124 cm³/mol. The summed E-state index contributed by atoms with van der Waals surface area (Å²) in [7, 11) is 1.55. The Morgan fingerprint density at radius 3 is 2.37 bits per heavy atom. The van der Waals surface area contributed by atoms with Crippen molar-refractivity contribution >= 4 is 16.9 Å². The first-order chi connectivity index (χ1) is 16.7. The number of methoxy groups -OCH3 is 1. The van der Waals surface area contributed by atoms with Crippen LogP contribution >= 0.6 is 0 Å². The lowest BCUT2D eigenvalue weighted by molar-refractivity contribution is -0.136. The van der Waals surface area contributed by atoms with Gasteiger partial charge in [-0.15, -0.1) is 0 Å². The van der Waals surface area contributed by atoms with Crippen LogP contribution < -0.4 is 14.8 Å². The third kappa shape index (κ3) is 5.37. The van der Waals surface area contributed by atoms with Gasteiger partial charge in [0, 0.05) is 12.6 Å². The van der Waals surface area contributed by atoms with Gasteiger partial charge in [-0.2, -0.15) is 23.3 Å². The quantitative estimate of drug-likeness (QED) is 0.409. The summed E-state index contributed by atoms with van der Waals surface area (Å²) in [4.78, 5) is 16.5.